The van der Waals surface area contributed by atoms with Gasteiger partial charge in [0.15, 0.2) is 0 Å². The molecule has 0 aliphatic heterocycles. The number of halogens is 6. The van der Waals surface area contributed by atoms with E-state index in [1.165, 1.54) is 5.32 Å². The molecule has 0 aromatic heterocycles. The minimum Gasteiger partial charge on any atom is -0.319 e. The highest BCUT2D eigenvalue weighted by Gasteiger charge is 2.35. The maximum Gasteiger partial charge on any atom is 0.418 e. The number of anilines is 1. The minimum atomic E-state index is -4.80. The van der Waals surface area contributed by atoms with Gasteiger partial charge < -0.3 is 5.32 Å². The van der Waals surface area contributed by atoms with Gasteiger partial charge in [-0.2, -0.15) is 22.0 Å². The van der Waals surface area contributed by atoms with E-state index in [0.717, 1.165) is 12.1 Å². The molecule has 1 amide bonds. The first kappa shape index (κ1) is 13.7. The quantitative estimate of drug-likeness (QED) is 0.820. The Morgan fingerprint density at radius 2 is 1.88 bits per heavy atom. The first-order chi connectivity index (χ1) is 7.73. The van der Waals surface area contributed by atoms with Crippen LogP contribution in [-0.4, -0.2) is 12.3 Å². The van der Waals surface area contributed by atoms with Crippen LogP contribution in [0.2, 0.25) is 5.02 Å². The van der Waals surface area contributed by atoms with Gasteiger partial charge in [0.25, 0.3) is 5.91 Å². The SMILES string of the molecule is O=C(Nc1c(Cl)cccc1C(F)(F)F)C(F)F. The molecule has 0 saturated heterocycles. The molecule has 0 saturated carbocycles. The van der Waals surface area contributed by atoms with Gasteiger partial charge in [-0.3, -0.25) is 4.79 Å². The van der Waals surface area contributed by atoms with E-state index >= 15 is 0 Å². The zero-order chi connectivity index (χ0) is 13.2. The van der Waals surface area contributed by atoms with E-state index in [4.69, 9.17) is 11.6 Å². The lowest BCUT2D eigenvalue weighted by Gasteiger charge is -2.14. The van der Waals surface area contributed by atoms with Gasteiger partial charge in [-0.25, -0.2) is 0 Å². The Labute approximate surface area is 97.4 Å². The summed E-state index contributed by atoms with van der Waals surface area (Å²) in [4.78, 5) is 10.7. The van der Waals surface area contributed by atoms with Crippen molar-refractivity contribution in [2.45, 2.75) is 12.6 Å². The number of hydrogen-bond acceptors (Lipinski definition) is 1. The Morgan fingerprint density at radius 1 is 1.29 bits per heavy atom. The van der Waals surface area contributed by atoms with Crippen molar-refractivity contribution in [3.05, 3.63) is 28.8 Å². The second-order valence-electron chi connectivity index (χ2n) is 2.95. The van der Waals surface area contributed by atoms with Crippen LogP contribution in [0.4, 0.5) is 27.6 Å². The third-order valence-corrected chi connectivity index (χ3v) is 2.08. The molecule has 17 heavy (non-hydrogen) atoms. The number of carbonyl (C=O) groups excluding carboxylic acids is 1. The van der Waals surface area contributed by atoms with Crippen LogP contribution in [0.25, 0.3) is 0 Å². The van der Waals surface area contributed by atoms with Crippen molar-refractivity contribution in [3.8, 4) is 0 Å². The molecule has 1 aromatic rings. The van der Waals surface area contributed by atoms with Gasteiger partial charge in [-0.1, -0.05) is 17.7 Å². The monoisotopic (exact) mass is 273 g/mol. The molecule has 0 fully saturated rings. The lowest BCUT2D eigenvalue weighted by molar-refractivity contribution is -0.137. The number of para-hydroxylation sites is 1. The summed E-state index contributed by atoms with van der Waals surface area (Å²) in [6.07, 6.45) is -8.22. The third kappa shape index (κ3) is 3.29. The molecule has 0 radical (unpaired) electrons. The average molecular weight is 274 g/mol. The first-order valence-corrected chi connectivity index (χ1v) is 4.56. The fourth-order valence-corrected chi connectivity index (χ4v) is 1.29. The van der Waals surface area contributed by atoms with Crippen molar-refractivity contribution in [1.82, 2.24) is 0 Å². The number of nitrogens with one attached hydrogen (secondary N) is 1. The first-order valence-electron chi connectivity index (χ1n) is 4.18. The number of carbonyl (C=O) groups is 1. The molecule has 0 atom stereocenters. The van der Waals surface area contributed by atoms with Crippen LogP contribution in [0.5, 0.6) is 0 Å². The number of rotatable bonds is 2. The molecule has 1 N–H and O–H groups in total. The second kappa shape index (κ2) is 4.87. The van der Waals surface area contributed by atoms with Gasteiger partial charge in [0.2, 0.25) is 0 Å². The summed E-state index contributed by atoms with van der Waals surface area (Å²) in [5, 5.41) is 0.980. The summed E-state index contributed by atoms with van der Waals surface area (Å²) < 4.78 is 61.3. The highest BCUT2D eigenvalue weighted by molar-refractivity contribution is 6.34. The van der Waals surface area contributed by atoms with Gasteiger partial charge in [-0.05, 0) is 12.1 Å². The molecule has 0 heterocycles. The van der Waals surface area contributed by atoms with E-state index in [0.29, 0.717) is 6.07 Å². The molecular weight excluding hydrogens is 269 g/mol. The topological polar surface area (TPSA) is 29.1 Å². The molecule has 0 spiro atoms. The Bertz CT molecular complexity index is 432. The summed E-state index contributed by atoms with van der Waals surface area (Å²) >= 11 is 5.42. The smallest absolute Gasteiger partial charge is 0.319 e. The Morgan fingerprint density at radius 3 is 2.35 bits per heavy atom. The lowest BCUT2D eigenvalue weighted by Crippen LogP contribution is -2.22. The van der Waals surface area contributed by atoms with Crippen molar-refractivity contribution in [2.24, 2.45) is 0 Å². The average Bonchev–Trinajstić information content (AvgIpc) is 2.18. The van der Waals surface area contributed by atoms with E-state index in [2.05, 4.69) is 0 Å². The fourth-order valence-electron chi connectivity index (χ4n) is 1.07. The number of benzene rings is 1. The summed E-state index contributed by atoms with van der Waals surface area (Å²) in [5.41, 5.74) is -2.15. The summed E-state index contributed by atoms with van der Waals surface area (Å²) in [7, 11) is 0. The van der Waals surface area contributed by atoms with Crippen molar-refractivity contribution in [2.75, 3.05) is 5.32 Å². The van der Waals surface area contributed by atoms with Crippen LogP contribution in [0.3, 0.4) is 0 Å². The van der Waals surface area contributed by atoms with Crippen LogP contribution in [-0.2, 0) is 11.0 Å². The predicted octanol–water partition coefficient (Wildman–Crippen LogP) is 3.56. The second-order valence-corrected chi connectivity index (χ2v) is 3.36. The zero-order valence-corrected chi connectivity index (χ0v) is 8.74. The van der Waals surface area contributed by atoms with E-state index < -0.39 is 34.8 Å². The van der Waals surface area contributed by atoms with E-state index in [-0.39, 0.29) is 0 Å². The number of amides is 1. The van der Waals surface area contributed by atoms with Crippen LogP contribution in [0, 0.1) is 0 Å². The van der Waals surface area contributed by atoms with E-state index in [1.54, 1.807) is 0 Å². The fraction of sp³-hybridized carbons (Fsp3) is 0.222. The van der Waals surface area contributed by atoms with Gasteiger partial charge in [-0.15, -0.1) is 0 Å². The normalized spacial score (nSPS) is 11.7. The van der Waals surface area contributed by atoms with Gasteiger partial charge in [0.05, 0.1) is 16.3 Å². The maximum atomic E-state index is 12.5. The Balaban J connectivity index is 3.18. The summed E-state index contributed by atoms with van der Waals surface area (Å²) in [6.45, 7) is 0. The number of alkyl halides is 5. The highest BCUT2D eigenvalue weighted by Crippen LogP contribution is 2.38. The lowest BCUT2D eigenvalue weighted by atomic mass is 10.1. The molecular formula is C9H5ClF5NO. The highest BCUT2D eigenvalue weighted by atomic mass is 35.5. The predicted molar refractivity (Wildman–Crippen MR) is 51.1 cm³/mol. The molecule has 1 rings (SSSR count). The molecule has 2 nitrogen and oxygen atoms in total. The molecule has 8 heteroatoms. The van der Waals surface area contributed by atoms with Crippen LogP contribution in [0.15, 0.2) is 18.2 Å². The molecule has 0 aliphatic rings. The molecule has 0 bridgehead atoms. The molecule has 1 aromatic carbocycles. The van der Waals surface area contributed by atoms with Crippen molar-refractivity contribution >= 4 is 23.2 Å². The Hall–Kier alpha value is -1.37. The van der Waals surface area contributed by atoms with Crippen molar-refractivity contribution in [3.63, 3.8) is 0 Å². The van der Waals surface area contributed by atoms with Gasteiger partial charge >= 0.3 is 12.6 Å². The van der Waals surface area contributed by atoms with Crippen LogP contribution >= 0.6 is 11.6 Å². The largest absolute Gasteiger partial charge is 0.418 e. The van der Waals surface area contributed by atoms with E-state index in [9.17, 15) is 26.7 Å². The maximum absolute atomic E-state index is 12.5. The van der Waals surface area contributed by atoms with E-state index in [1.807, 2.05) is 0 Å². The van der Waals surface area contributed by atoms with Crippen molar-refractivity contribution in [1.29, 1.82) is 0 Å². The van der Waals surface area contributed by atoms with Crippen molar-refractivity contribution < 1.29 is 26.7 Å². The standard InChI is InChI=1S/C9H5ClF5NO/c10-5-3-1-2-4(9(13,14)15)6(5)16-8(17)7(11)12/h1-3,7H,(H,16,17). The number of hydrogen-bond donors (Lipinski definition) is 1. The zero-order valence-electron chi connectivity index (χ0n) is 7.99. The van der Waals surface area contributed by atoms with Gasteiger partial charge in [0.1, 0.15) is 0 Å². The van der Waals surface area contributed by atoms with Crippen LogP contribution in [0.1, 0.15) is 5.56 Å². The summed E-state index contributed by atoms with van der Waals surface area (Å²) in [6, 6.07) is 2.69. The molecule has 94 valence electrons. The van der Waals surface area contributed by atoms with Gasteiger partial charge in [0, 0.05) is 0 Å². The third-order valence-electron chi connectivity index (χ3n) is 1.77. The molecule has 0 unspecified atom stereocenters. The minimum absolute atomic E-state index is 0.464. The summed E-state index contributed by atoms with van der Waals surface area (Å²) in [5.74, 6) is -1.84. The van der Waals surface area contributed by atoms with Crippen LogP contribution < -0.4 is 5.32 Å². The Kier molecular flexibility index (Phi) is 3.92. The molecule has 0 aliphatic carbocycles.